The Labute approximate surface area is 165 Å². The topological polar surface area (TPSA) is 139 Å². The zero-order valence-corrected chi connectivity index (χ0v) is 18.3. The molecule has 0 bridgehead atoms. The fourth-order valence-electron chi connectivity index (χ4n) is 1.47. The van der Waals surface area contributed by atoms with Crippen LogP contribution in [0, 0.1) is 0 Å². The van der Waals surface area contributed by atoms with E-state index in [1.807, 2.05) is 0 Å². The smallest absolute Gasteiger partial charge is 0.232 e. The summed E-state index contributed by atoms with van der Waals surface area (Å²) in [7, 11) is -22.5. The summed E-state index contributed by atoms with van der Waals surface area (Å²) in [5, 5.41) is 0. The van der Waals surface area contributed by atoms with E-state index in [1.165, 1.54) is 18.0 Å². The van der Waals surface area contributed by atoms with Crippen LogP contribution in [0.1, 0.15) is 39.5 Å². The van der Waals surface area contributed by atoms with Gasteiger partial charge in [-0.25, -0.2) is 8.42 Å². The monoisotopic (exact) mass is 519 g/mol. The van der Waals surface area contributed by atoms with Crippen molar-refractivity contribution in [2.45, 2.75) is 50.5 Å². The van der Waals surface area contributed by atoms with Gasteiger partial charge in [0.25, 0.3) is 0 Å². The zero-order valence-electron chi connectivity index (χ0n) is 15.0. The van der Waals surface area contributed by atoms with Crippen LogP contribution in [-0.4, -0.2) is 47.8 Å². The molecule has 1 N–H and O–H groups in total. The maximum absolute atomic E-state index is 12.6. The molecular formula is C10H19F6N3O6S4. The highest BCUT2D eigenvalue weighted by atomic mass is 32.3. The molecule has 9 nitrogen and oxygen atoms in total. The van der Waals surface area contributed by atoms with Crippen LogP contribution in [0.15, 0.2) is 7.54 Å². The predicted molar refractivity (Wildman–Crippen MR) is 93.8 cm³/mol. The van der Waals surface area contributed by atoms with Crippen molar-refractivity contribution in [2.75, 3.05) is 11.5 Å². The van der Waals surface area contributed by atoms with Crippen molar-refractivity contribution < 1.29 is 51.6 Å². The lowest BCUT2D eigenvalue weighted by molar-refractivity contribution is -0.0440. The zero-order chi connectivity index (χ0) is 23.4. The van der Waals surface area contributed by atoms with Crippen molar-refractivity contribution in [1.29, 1.82) is 0 Å². The summed E-state index contributed by atoms with van der Waals surface area (Å²) in [5.74, 6) is -1.94. The van der Waals surface area contributed by atoms with Gasteiger partial charge in [0.05, 0.1) is 0 Å². The van der Waals surface area contributed by atoms with Gasteiger partial charge in [0.2, 0.25) is 0 Å². The van der Waals surface area contributed by atoms with Gasteiger partial charge in [-0.15, -0.1) is 4.13 Å². The molecule has 0 aliphatic carbocycles. The Bertz CT molecular complexity index is 933. The van der Waals surface area contributed by atoms with Gasteiger partial charge in [0.15, 0.2) is 0 Å². The third-order valence-corrected chi connectivity index (χ3v) is 11.3. The fourth-order valence-corrected chi connectivity index (χ4v) is 9.73. The minimum atomic E-state index is -6.40. The van der Waals surface area contributed by atoms with Crippen LogP contribution < -0.4 is 4.13 Å². The Kier molecular flexibility index (Phi) is 9.43. The number of hydrogen-bond acceptors (Lipinski definition) is 6. The third-order valence-electron chi connectivity index (χ3n) is 2.83. The molecule has 19 heteroatoms. The molecule has 0 amide bonds. The van der Waals surface area contributed by atoms with Crippen LogP contribution in [0.4, 0.5) is 26.3 Å². The van der Waals surface area contributed by atoms with Gasteiger partial charge in [0, 0.05) is 11.5 Å². The van der Waals surface area contributed by atoms with Crippen LogP contribution >= 0.6 is 0 Å². The highest BCUT2D eigenvalue weighted by molar-refractivity contribution is 8.12. The van der Waals surface area contributed by atoms with Crippen LogP contribution in [0.5, 0.6) is 0 Å². The number of halogens is 6. The summed E-state index contributed by atoms with van der Waals surface area (Å²) in [6.07, 6.45) is -0.209. The van der Waals surface area contributed by atoms with Gasteiger partial charge in [-0.1, -0.05) is 34.2 Å². The molecule has 0 aromatic rings. The Morgan fingerprint density at radius 2 is 0.931 bits per heavy atom. The molecule has 29 heavy (non-hydrogen) atoms. The molecule has 2 unspecified atom stereocenters. The summed E-state index contributed by atoms with van der Waals surface area (Å²) in [4.78, 5) is 0. The molecule has 0 rings (SSSR count). The average Bonchev–Trinajstić information content (AvgIpc) is 2.47. The van der Waals surface area contributed by atoms with E-state index in [0.717, 1.165) is 0 Å². The second-order valence-electron chi connectivity index (χ2n) is 5.47. The van der Waals surface area contributed by atoms with E-state index in [0.29, 0.717) is 0 Å². The number of nitrogens with zero attached hydrogens (tertiary/aromatic N) is 2. The first kappa shape index (κ1) is 28.3. The number of alkyl halides is 6. The lowest BCUT2D eigenvalue weighted by Gasteiger charge is -2.16. The SMILES string of the molecule is CCCCS(=O)(=NS(=O)(=O)C(F)(F)F)NS(=O)(CCCC)=NS(=O)(=O)C(F)(F)F. The molecule has 0 aromatic carbocycles. The molecule has 0 saturated carbocycles. The molecule has 0 aliphatic rings. The molecule has 0 aliphatic heterocycles. The highest BCUT2D eigenvalue weighted by Gasteiger charge is 2.49. The second kappa shape index (κ2) is 9.65. The first-order valence-corrected chi connectivity index (χ1v) is 13.9. The Morgan fingerprint density at radius 1 is 0.655 bits per heavy atom. The summed E-state index contributed by atoms with van der Waals surface area (Å²) in [6, 6.07) is 0. The number of sulfonamides is 2. The maximum atomic E-state index is 12.6. The quantitative estimate of drug-likeness (QED) is 0.440. The van der Waals surface area contributed by atoms with Crippen molar-refractivity contribution in [2.24, 2.45) is 7.54 Å². The van der Waals surface area contributed by atoms with Crippen LogP contribution in [0.2, 0.25) is 0 Å². The normalized spacial score (nSPS) is 17.9. The highest BCUT2D eigenvalue weighted by Crippen LogP contribution is 2.28. The largest absolute Gasteiger partial charge is 0.519 e. The van der Waals surface area contributed by atoms with Crippen molar-refractivity contribution in [3.05, 3.63) is 0 Å². The lowest BCUT2D eigenvalue weighted by Crippen LogP contribution is -2.37. The number of unbranched alkanes of at least 4 members (excludes halogenated alkanes) is 2. The molecule has 176 valence electrons. The fraction of sp³-hybridized carbons (Fsp3) is 1.00. The van der Waals surface area contributed by atoms with E-state index in [-0.39, 0.29) is 25.7 Å². The van der Waals surface area contributed by atoms with Gasteiger partial charge >= 0.3 is 31.1 Å². The number of rotatable bonds is 10. The van der Waals surface area contributed by atoms with E-state index in [2.05, 4.69) is 7.54 Å². The summed E-state index contributed by atoms with van der Waals surface area (Å²) < 4.78 is 151. The molecule has 0 fully saturated rings. The first-order chi connectivity index (χ1) is 12.7. The minimum absolute atomic E-state index is 0.133. The molecule has 0 spiro atoms. The molecular weight excluding hydrogens is 500 g/mol. The molecule has 0 aromatic heterocycles. The van der Waals surface area contributed by atoms with Gasteiger partial charge in [-0.2, -0.15) is 43.2 Å². The molecule has 0 saturated heterocycles. The predicted octanol–water partition coefficient (Wildman–Crippen LogP) is 2.64. The summed E-state index contributed by atoms with van der Waals surface area (Å²) >= 11 is 0. The molecule has 2 atom stereocenters. The second-order valence-corrected chi connectivity index (χ2v) is 13.5. The Hall–Kier alpha value is -0.660. The number of nitrogens with one attached hydrogen (secondary N) is 1. The standard InChI is InChI=1S/C10H19F6N3O6S4/c1-3-5-7-26(20,18-28(22,23)9(11,12)13)17-27(21,8-6-4-2)19-29(24,25)10(14,15)16/h3-8H2,1-2H3,(H,17,18,19,20,21). The van der Waals surface area contributed by atoms with Crippen molar-refractivity contribution >= 4 is 39.9 Å². The Balaban J connectivity index is 6.76. The third kappa shape index (κ3) is 8.54. The average molecular weight is 520 g/mol. The van der Waals surface area contributed by atoms with E-state index in [1.54, 1.807) is 0 Å². The van der Waals surface area contributed by atoms with Gasteiger partial charge in [0.1, 0.15) is 19.8 Å². The molecule has 0 radical (unpaired) electrons. The van der Waals surface area contributed by atoms with E-state index in [4.69, 9.17) is 0 Å². The van der Waals surface area contributed by atoms with Gasteiger partial charge < -0.3 is 0 Å². The van der Waals surface area contributed by atoms with Crippen molar-refractivity contribution in [3.63, 3.8) is 0 Å². The van der Waals surface area contributed by atoms with Crippen LogP contribution in [-0.2, 0) is 39.9 Å². The van der Waals surface area contributed by atoms with Gasteiger partial charge in [-0.3, -0.25) is 0 Å². The Morgan fingerprint density at radius 3 is 1.14 bits per heavy atom. The van der Waals surface area contributed by atoms with E-state index in [9.17, 15) is 51.6 Å². The van der Waals surface area contributed by atoms with E-state index >= 15 is 0 Å². The summed E-state index contributed by atoms with van der Waals surface area (Å²) in [5.41, 5.74) is -12.0. The van der Waals surface area contributed by atoms with E-state index < -0.39 is 62.4 Å². The number of hydrogen-bond donors (Lipinski definition) is 1. The van der Waals surface area contributed by atoms with Crippen molar-refractivity contribution in [3.8, 4) is 0 Å². The van der Waals surface area contributed by atoms with Gasteiger partial charge in [-0.05, 0) is 12.8 Å². The maximum Gasteiger partial charge on any atom is 0.519 e. The lowest BCUT2D eigenvalue weighted by atomic mass is 10.4. The molecule has 0 heterocycles. The van der Waals surface area contributed by atoms with Crippen molar-refractivity contribution in [1.82, 2.24) is 4.13 Å². The first-order valence-electron chi connectivity index (χ1n) is 7.67. The summed E-state index contributed by atoms with van der Waals surface area (Å²) in [6.45, 7) is 2.90. The van der Waals surface area contributed by atoms with Crippen LogP contribution in [0.25, 0.3) is 0 Å². The van der Waals surface area contributed by atoms with Crippen LogP contribution in [0.3, 0.4) is 0 Å². The minimum Gasteiger partial charge on any atom is -0.232 e.